The first-order chi connectivity index (χ1) is 12.0. The lowest BCUT2D eigenvalue weighted by atomic mass is 10.1. The molecule has 25 heavy (non-hydrogen) atoms. The summed E-state index contributed by atoms with van der Waals surface area (Å²) in [4.78, 5) is 15.3. The van der Waals surface area contributed by atoms with Gasteiger partial charge < -0.3 is 25.8 Å². The van der Waals surface area contributed by atoms with E-state index in [1.54, 1.807) is 12.1 Å². The Labute approximate surface area is 142 Å². The van der Waals surface area contributed by atoms with Gasteiger partial charge in [-0.15, -0.1) is 5.10 Å². The van der Waals surface area contributed by atoms with Gasteiger partial charge in [0.05, 0.1) is 6.61 Å². The van der Waals surface area contributed by atoms with Crippen LogP contribution in [0, 0.1) is 11.8 Å². The largest absolute Gasteiger partial charge is 0.394 e. The Morgan fingerprint density at radius 3 is 2.56 bits per heavy atom. The zero-order chi connectivity index (χ0) is 18.0. The first-order valence-corrected chi connectivity index (χ1v) is 7.47. The van der Waals surface area contributed by atoms with E-state index in [1.165, 1.54) is 0 Å². The lowest BCUT2D eigenvalue weighted by Gasteiger charge is -2.15. The molecule has 2 heterocycles. The highest BCUT2D eigenvalue weighted by Gasteiger charge is 2.44. The van der Waals surface area contributed by atoms with E-state index in [1.807, 2.05) is 18.2 Å². The summed E-state index contributed by atoms with van der Waals surface area (Å²) in [6.07, 6.45) is -4.84. The quantitative estimate of drug-likeness (QED) is 0.490. The molecule has 2 aromatic rings. The Balaban J connectivity index is 1.99. The van der Waals surface area contributed by atoms with E-state index in [4.69, 9.17) is 10.5 Å². The molecule has 9 heteroatoms. The van der Waals surface area contributed by atoms with Crippen molar-refractivity contribution in [3.05, 3.63) is 47.5 Å². The van der Waals surface area contributed by atoms with Crippen molar-refractivity contribution in [1.29, 1.82) is 0 Å². The van der Waals surface area contributed by atoms with Crippen LogP contribution in [0.5, 0.6) is 0 Å². The van der Waals surface area contributed by atoms with E-state index >= 15 is 0 Å². The summed E-state index contributed by atoms with van der Waals surface area (Å²) in [6.45, 7) is -0.489. The van der Waals surface area contributed by atoms with Gasteiger partial charge in [0.15, 0.2) is 6.23 Å². The molecule has 5 N–H and O–H groups in total. The van der Waals surface area contributed by atoms with Crippen molar-refractivity contribution in [1.82, 2.24) is 14.8 Å². The van der Waals surface area contributed by atoms with Crippen molar-refractivity contribution < 1.29 is 24.9 Å². The fraction of sp³-hybridized carbons (Fsp3) is 0.312. The standard InChI is InChI=1S/C16H16N4O5/c17-14(24)15-18-11(7-6-9-4-2-1-3-5-9)20(19-15)16-13(23)12(22)10(8-21)25-16/h1-5,10,12-13,16,21-23H,8H2,(H2,17,24)/t10-,12-,13-,16-/m1/s1. The topological polar surface area (TPSA) is 144 Å². The summed E-state index contributed by atoms with van der Waals surface area (Å²) in [5.41, 5.74) is 5.91. The van der Waals surface area contributed by atoms with Crippen LogP contribution in [0.1, 0.15) is 28.2 Å². The maximum atomic E-state index is 11.4. The second kappa shape index (κ2) is 7.00. The Kier molecular flexibility index (Phi) is 4.78. The highest BCUT2D eigenvalue weighted by molar-refractivity contribution is 5.88. The molecule has 9 nitrogen and oxygen atoms in total. The van der Waals surface area contributed by atoms with E-state index in [2.05, 4.69) is 21.9 Å². The summed E-state index contributed by atoms with van der Waals surface area (Å²) >= 11 is 0. The summed E-state index contributed by atoms with van der Waals surface area (Å²) < 4.78 is 6.48. The Hall–Kier alpha value is -2.77. The number of nitrogens with two attached hydrogens (primary N) is 1. The maximum Gasteiger partial charge on any atom is 0.288 e. The average Bonchev–Trinajstić information content (AvgIpc) is 3.16. The Morgan fingerprint density at radius 1 is 1.24 bits per heavy atom. The van der Waals surface area contributed by atoms with Crippen molar-refractivity contribution in [2.45, 2.75) is 24.5 Å². The van der Waals surface area contributed by atoms with Crippen LogP contribution in [0.4, 0.5) is 0 Å². The third-order valence-corrected chi connectivity index (χ3v) is 3.70. The Bertz CT molecular complexity index is 826. The van der Waals surface area contributed by atoms with E-state index < -0.39 is 37.1 Å². The molecule has 4 atom stereocenters. The molecule has 1 aliphatic heterocycles. The van der Waals surface area contributed by atoms with Gasteiger partial charge in [-0.1, -0.05) is 24.1 Å². The number of aliphatic hydroxyl groups excluding tert-OH is 3. The number of nitrogens with zero attached hydrogens (tertiary/aromatic N) is 3. The zero-order valence-corrected chi connectivity index (χ0v) is 13.0. The number of primary amides is 1. The van der Waals surface area contributed by atoms with Crippen molar-refractivity contribution in [3.8, 4) is 11.8 Å². The molecule has 3 rings (SSSR count). The van der Waals surface area contributed by atoms with Crippen molar-refractivity contribution in [2.75, 3.05) is 6.61 Å². The summed E-state index contributed by atoms with van der Waals surface area (Å²) in [5, 5.41) is 33.1. The molecule has 0 spiro atoms. The Morgan fingerprint density at radius 2 is 1.96 bits per heavy atom. The molecule has 1 amide bonds. The van der Waals surface area contributed by atoms with Crippen molar-refractivity contribution >= 4 is 5.91 Å². The lowest BCUT2D eigenvalue weighted by molar-refractivity contribution is -0.0592. The molecular weight excluding hydrogens is 328 g/mol. The lowest BCUT2D eigenvalue weighted by Crippen LogP contribution is -2.33. The maximum absolute atomic E-state index is 11.4. The average molecular weight is 344 g/mol. The van der Waals surface area contributed by atoms with Gasteiger partial charge in [0.1, 0.15) is 18.3 Å². The number of ether oxygens (including phenoxy) is 1. The number of aromatic nitrogens is 3. The number of carbonyl (C=O) groups is 1. The number of aliphatic hydroxyl groups is 3. The van der Waals surface area contributed by atoms with Crippen LogP contribution >= 0.6 is 0 Å². The fourth-order valence-electron chi connectivity index (χ4n) is 2.42. The molecule has 1 aliphatic rings. The SMILES string of the molecule is NC(=O)c1nc(C#Cc2ccccc2)n([C@@H]2O[C@H](CO)[C@@H](O)[C@H]2O)n1. The minimum absolute atomic E-state index is 0.0347. The van der Waals surface area contributed by atoms with Crippen molar-refractivity contribution in [2.24, 2.45) is 5.73 Å². The smallest absolute Gasteiger partial charge is 0.288 e. The minimum atomic E-state index is -1.38. The summed E-state index contributed by atoms with van der Waals surface area (Å²) in [5.74, 6) is 4.47. The van der Waals surface area contributed by atoms with Gasteiger partial charge in [0, 0.05) is 5.56 Å². The number of hydrogen-bond acceptors (Lipinski definition) is 7. The van der Waals surface area contributed by atoms with Crippen molar-refractivity contribution in [3.63, 3.8) is 0 Å². The molecule has 0 aliphatic carbocycles. The van der Waals surface area contributed by atoms with Crippen LogP contribution in [0.15, 0.2) is 30.3 Å². The van der Waals surface area contributed by atoms with E-state index in [0.717, 1.165) is 4.68 Å². The van der Waals surface area contributed by atoms with Crippen LogP contribution in [0.3, 0.4) is 0 Å². The second-order valence-corrected chi connectivity index (χ2v) is 5.41. The predicted molar refractivity (Wildman–Crippen MR) is 84.0 cm³/mol. The molecule has 1 aromatic carbocycles. The van der Waals surface area contributed by atoms with Gasteiger partial charge in [0.2, 0.25) is 11.6 Å². The number of rotatable bonds is 3. The molecular formula is C16H16N4O5. The molecule has 1 aromatic heterocycles. The van der Waals surface area contributed by atoms with Gasteiger partial charge in [0.25, 0.3) is 5.91 Å². The predicted octanol–water partition coefficient (Wildman–Crippen LogP) is -1.61. The van der Waals surface area contributed by atoms with Crippen LogP contribution in [-0.4, -0.2) is 60.9 Å². The van der Waals surface area contributed by atoms with Gasteiger partial charge >= 0.3 is 0 Å². The third-order valence-electron chi connectivity index (χ3n) is 3.70. The van der Waals surface area contributed by atoms with E-state index in [-0.39, 0.29) is 11.6 Å². The van der Waals surface area contributed by atoms with Crippen LogP contribution in [-0.2, 0) is 4.74 Å². The van der Waals surface area contributed by atoms with Gasteiger partial charge in [-0.05, 0) is 18.1 Å². The van der Waals surface area contributed by atoms with E-state index in [9.17, 15) is 20.1 Å². The number of carbonyl (C=O) groups excluding carboxylic acids is 1. The molecule has 0 radical (unpaired) electrons. The molecule has 0 saturated carbocycles. The summed E-state index contributed by atoms with van der Waals surface area (Å²) in [7, 11) is 0. The van der Waals surface area contributed by atoms with Gasteiger partial charge in [-0.3, -0.25) is 4.79 Å². The van der Waals surface area contributed by atoms with Gasteiger partial charge in [-0.2, -0.15) is 4.98 Å². The number of hydrogen-bond donors (Lipinski definition) is 4. The minimum Gasteiger partial charge on any atom is -0.394 e. The summed E-state index contributed by atoms with van der Waals surface area (Å²) in [6, 6.07) is 9.05. The van der Waals surface area contributed by atoms with Crippen LogP contribution in [0.2, 0.25) is 0 Å². The third kappa shape index (κ3) is 3.38. The van der Waals surface area contributed by atoms with Gasteiger partial charge in [-0.25, -0.2) is 4.68 Å². The molecule has 1 saturated heterocycles. The first-order valence-electron chi connectivity index (χ1n) is 7.47. The van der Waals surface area contributed by atoms with E-state index in [0.29, 0.717) is 5.56 Å². The van der Waals surface area contributed by atoms with Crippen LogP contribution in [0.25, 0.3) is 0 Å². The second-order valence-electron chi connectivity index (χ2n) is 5.41. The normalized spacial score (nSPS) is 25.4. The highest BCUT2D eigenvalue weighted by atomic mass is 16.6. The number of amides is 1. The monoisotopic (exact) mass is 344 g/mol. The fourth-order valence-corrected chi connectivity index (χ4v) is 2.42. The zero-order valence-electron chi connectivity index (χ0n) is 13.0. The van der Waals surface area contributed by atoms with Crippen LogP contribution < -0.4 is 5.73 Å². The molecule has 0 bridgehead atoms. The number of benzene rings is 1. The molecule has 130 valence electrons. The highest BCUT2D eigenvalue weighted by Crippen LogP contribution is 2.29. The first kappa shape index (κ1) is 17.1. The molecule has 0 unspecified atom stereocenters. The molecule has 1 fully saturated rings.